The predicted molar refractivity (Wildman–Crippen MR) is 114 cm³/mol. The van der Waals surface area contributed by atoms with E-state index in [1.165, 1.54) is 6.33 Å². The van der Waals surface area contributed by atoms with Gasteiger partial charge in [0.15, 0.2) is 0 Å². The van der Waals surface area contributed by atoms with Gasteiger partial charge in [0, 0.05) is 31.4 Å². The lowest BCUT2D eigenvalue weighted by Gasteiger charge is -2.32. The molecule has 3 aliphatic rings. The smallest absolute Gasteiger partial charge is 0.246 e. The number of rotatable bonds is 7. The number of amides is 4. The number of likely N-dealkylation sites (tertiary alicyclic amines) is 2. The van der Waals surface area contributed by atoms with Gasteiger partial charge in [0.25, 0.3) is 0 Å². The maximum Gasteiger partial charge on any atom is 0.246 e. The molecule has 0 aliphatic carbocycles. The largest absolute Gasteiger partial charge is 0.368 e. The SMILES string of the molecule is NC(=O)[C@H](Cc1cnc[nH]1)NC(=O)[C@@H]1CCCN1C(=O)[C@@H]1CCCN1C(=O)[C@@H]1CCCN1. The molecule has 3 aliphatic heterocycles. The molecule has 0 unspecified atom stereocenters. The van der Waals surface area contributed by atoms with Crippen LogP contribution in [0.2, 0.25) is 0 Å². The van der Waals surface area contributed by atoms with Crippen LogP contribution >= 0.6 is 0 Å². The average molecular weight is 446 g/mol. The van der Waals surface area contributed by atoms with Gasteiger partial charge in [0.1, 0.15) is 18.1 Å². The van der Waals surface area contributed by atoms with Crippen LogP contribution < -0.4 is 16.4 Å². The normalized spacial score (nSPS) is 26.3. The van der Waals surface area contributed by atoms with Gasteiger partial charge < -0.3 is 31.2 Å². The molecule has 11 nitrogen and oxygen atoms in total. The molecule has 0 aromatic carbocycles. The molecule has 3 saturated heterocycles. The minimum atomic E-state index is -0.904. The zero-order chi connectivity index (χ0) is 22.7. The molecule has 0 bridgehead atoms. The third kappa shape index (κ3) is 4.62. The van der Waals surface area contributed by atoms with Crippen LogP contribution in [0.4, 0.5) is 0 Å². The molecule has 174 valence electrons. The monoisotopic (exact) mass is 445 g/mol. The number of carbonyl (C=O) groups excluding carboxylic acids is 4. The van der Waals surface area contributed by atoms with Gasteiger partial charge in [-0.1, -0.05) is 0 Å². The highest BCUT2D eigenvalue weighted by atomic mass is 16.2. The van der Waals surface area contributed by atoms with Crippen LogP contribution in [-0.2, 0) is 25.6 Å². The van der Waals surface area contributed by atoms with Crippen molar-refractivity contribution in [2.24, 2.45) is 5.73 Å². The van der Waals surface area contributed by atoms with Crippen LogP contribution in [-0.4, -0.2) is 87.2 Å². The van der Waals surface area contributed by atoms with E-state index in [1.807, 2.05) is 0 Å². The fourth-order valence-electron chi connectivity index (χ4n) is 4.98. The average Bonchev–Trinajstić information content (AvgIpc) is 3.57. The standard InChI is InChI=1S/C21H31N7O4/c22-18(29)15(10-13-11-23-12-25-13)26-19(30)16-5-2-8-27(16)21(32)17-6-3-9-28(17)20(31)14-4-1-7-24-14/h11-12,14-17,24H,1-10H2,(H2,22,29)(H,23,25)(H,26,30)/t14-,15-,16-,17-/m0/s1. The molecule has 1 aromatic rings. The zero-order valence-corrected chi connectivity index (χ0v) is 18.1. The van der Waals surface area contributed by atoms with E-state index in [9.17, 15) is 19.2 Å². The summed E-state index contributed by atoms with van der Waals surface area (Å²) in [6.07, 6.45) is 7.57. The lowest BCUT2D eigenvalue weighted by atomic mass is 10.1. The first-order valence-corrected chi connectivity index (χ1v) is 11.4. The highest BCUT2D eigenvalue weighted by Gasteiger charge is 2.43. The molecule has 3 fully saturated rings. The van der Waals surface area contributed by atoms with Crippen LogP contribution in [0.3, 0.4) is 0 Å². The summed E-state index contributed by atoms with van der Waals surface area (Å²) >= 11 is 0. The van der Waals surface area contributed by atoms with Crippen LogP contribution in [0.15, 0.2) is 12.5 Å². The van der Waals surface area contributed by atoms with Gasteiger partial charge in [-0.25, -0.2) is 4.98 Å². The van der Waals surface area contributed by atoms with Gasteiger partial charge in [0.05, 0.1) is 12.4 Å². The van der Waals surface area contributed by atoms with Crippen molar-refractivity contribution >= 4 is 23.6 Å². The van der Waals surface area contributed by atoms with Crippen LogP contribution in [0, 0.1) is 0 Å². The summed E-state index contributed by atoms with van der Waals surface area (Å²) in [7, 11) is 0. The number of H-pyrrole nitrogens is 1. The quantitative estimate of drug-likeness (QED) is 0.407. The molecule has 32 heavy (non-hydrogen) atoms. The molecule has 4 atom stereocenters. The Morgan fingerprint density at radius 3 is 2.41 bits per heavy atom. The van der Waals surface area contributed by atoms with E-state index >= 15 is 0 Å². The van der Waals surface area contributed by atoms with Crippen molar-refractivity contribution < 1.29 is 19.2 Å². The minimum absolute atomic E-state index is 0.0214. The number of nitrogens with one attached hydrogen (secondary N) is 3. The second-order valence-electron chi connectivity index (χ2n) is 8.77. The van der Waals surface area contributed by atoms with Crippen molar-refractivity contribution in [3.05, 3.63) is 18.2 Å². The fourth-order valence-corrected chi connectivity index (χ4v) is 4.98. The lowest BCUT2D eigenvalue weighted by molar-refractivity contribution is -0.147. The summed E-state index contributed by atoms with van der Waals surface area (Å²) in [5.41, 5.74) is 6.16. The van der Waals surface area contributed by atoms with E-state index in [-0.39, 0.29) is 24.3 Å². The first-order valence-electron chi connectivity index (χ1n) is 11.4. The molecule has 4 heterocycles. The maximum atomic E-state index is 13.4. The maximum absolute atomic E-state index is 13.4. The Labute approximate surface area is 186 Å². The Balaban J connectivity index is 1.41. The van der Waals surface area contributed by atoms with E-state index in [4.69, 9.17) is 5.73 Å². The summed E-state index contributed by atoms with van der Waals surface area (Å²) in [5, 5.41) is 5.91. The molecular formula is C21H31N7O4. The van der Waals surface area contributed by atoms with Gasteiger partial charge in [0.2, 0.25) is 23.6 Å². The number of hydrogen-bond donors (Lipinski definition) is 4. The van der Waals surface area contributed by atoms with Crippen LogP contribution in [0.5, 0.6) is 0 Å². The molecule has 0 saturated carbocycles. The van der Waals surface area contributed by atoms with E-state index in [0.29, 0.717) is 38.0 Å². The highest BCUT2D eigenvalue weighted by Crippen LogP contribution is 2.26. The molecule has 5 N–H and O–H groups in total. The number of imidazole rings is 1. The molecule has 11 heteroatoms. The van der Waals surface area contributed by atoms with Gasteiger partial charge in [-0.05, 0) is 45.1 Å². The highest BCUT2D eigenvalue weighted by molar-refractivity contribution is 5.95. The van der Waals surface area contributed by atoms with E-state index in [1.54, 1.807) is 16.0 Å². The molecule has 1 aromatic heterocycles. The first kappa shape index (κ1) is 22.3. The number of aromatic amines is 1. The van der Waals surface area contributed by atoms with Crippen LogP contribution in [0.25, 0.3) is 0 Å². The van der Waals surface area contributed by atoms with Crippen molar-refractivity contribution in [2.75, 3.05) is 19.6 Å². The predicted octanol–water partition coefficient (Wildman–Crippen LogP) is -1.34. The van der Waals surface area contributed by atoms with E-state index in [2.05, 4.69) is 20.6 Å². The number of hydrogen-bond acceptors (Lipinski definition) is 6. The number of nitrogens with zero attached hydrogens (tertiary/aromatic N) is 3. The Kier molecular flexibility index (Phi) is 6.73. The van der Waals surface area contributed by atoms with Crippen molar-refractivity contribution in [1.29, 1.82) is 0 Å². The number of carbonyl (C=O) groups is 4. The third-order valence-electron chi connectivity index (χ3n) is 6.66. The summed E-state index contributed by atoms with van der Waals surface area (Å²) in [6, 6.07) is -2.33. The lowest BCUT2D eigenvalue weighted by Crippen LogP contribution is -2.57. The molecular weight excluding hydrogens is 414 g/mol. The molecule has 0 radical (unpaired) electrons. The first-order chi connectivity index (χ1) is 15.5. The third-order valence-corrected chi connectivity index (χ3v) is 6.66. The van der Waals surface area contributed by atoms with Crippen molar-refractivity contribution in [3.63, 3.8) is 0 Å². The topological polar surface area (TPSA) is 154 Å². The molecule has 0 spiro atoms. The Bertz CT molecular complexity index is 852. The second-order valence-corrected chi connectivity index (χ2v) is 8.77. The zero-order valence-electron chi connectivity index (χ0n) is 18.1. The fraction of sp³-hybridized carbons (Fsp3) is 0.667. The van der Waals surface area contributed by atoms with E-state index < -0.39 is 29.9 Å². The van der Waals surface area contributed by atoms with Crippen molar-refractivity contribution in [2.45, 2.75) is 69.1 Å². The van der Waals surface area contributed by atoms with Gasteiger partial charge in [-0.15, -0.1) is 0 Å². The summed E-state index contributed by atoms with van der Waals surface area (Å²) in [6.45, 7) is 1.84. The summed E-state index contributed by atoms with van der Waals surface area (Å²) in [4.78, 5) is 61.3. The van der Waals surface area contributed by atoms with Crippen LogP contribution in [0.1, 0.15) is 44.2 Å². The van der Waals surface area contributed by atoms with Gasteiger partial charge >= 0.3 is 0 Å². The Hall–Kier alpha value is -2.95. The van der Waals surface area contributed by atoms with E-state index in [0.717, 1.165) is 25.8 Å². The Morgan fingerprint density at radius 1 is 1.06 bits per heavy atom. The number of aromatic nitrogens is 2. The van der Waals surface area contributed by atoms with Crippen molar-refractivity contribution in [1.82, 2.24) is 30.4 Å². The number of nitrogens with two attached hydrogens (primary N) is 1. The molecule has 4 amide bonds. The summed E-state index contributed by atoms with van der Waals surface area (Å²) in [5.74, 6) is -1.25. The van der Waals surface area contributed by atoms with Crippen molar-refractivity contribution in [3.8, 4) is 0 Å². The number of primary amides is 1. The second kappa shape index (κ2) is 9.68. The minimum Gasteiger partial charge on any atom is -0.368 e. The Morgan fingerprint density at radius 2 is 1.78 bits per heavy atom. The van der Waals surface area contributed by atoms with Gasteiger partial charge in [-0.3, -0.25) is 19.2 Å². The summed E-state index contributed by atoms with van der Waals surface area (Å²) < 4.78 is 0. The van der Waals surface area contributed by atoms with Gasteiger partial charge in [-0.2, -0.15) is 0 Å². The molecule has 4 rings (SSSR count).